The maximum atomic E-state index is 13.5. The molecule has 0 saturated carbocycles. The van der Waals surface area contributed by atoms with E-state index in [1.807, 2.05) is 0 Å². The molecule has 1 aliphatic heterocycles. The van der Waals surface area contributed by atoms with Crippen LogP contribution in [0.4, 0.5) is 13.6 Å². The molecule has 0 radical (unpaired) electrons. The van der Waals surface area contributed by atoms with Crippen LogP contribution in [0.3, 0.4) is 0 Å². The molecule has 16 heavy (non-hydrogen) atoms. The van der Waals surface area contributed by atoms with E-state index < -0.39 is 24.7 Å². The Balaban J connectivity index is 2.30. The van der Waals surface area contributed by atoms with Crippen molar-refractivity contribution in [3.8, 4) is 0 Å². The third-order valence-electron chi connectivity index (χ3n) is 2.28. The zero-order valence-electron chi connectivity index (χ0n) is 8.04. The van der Waals surface area contributed by atoms with Crippen molar-refractivity contribution in [1.82, 2.24) is 5.32 Å². The standard InChI is InChI=1S/C10H8F2INO2/c11-10(12)5-16-9(15)14-8(10)6-1-3-7(13)4-2-6/h1-4,8H,5H2,(H,14,15)/t8-/m1/s1. The second kappa shape index (κ2) is 4.15. The average molecular weight is 339 g/mol. The van der Waals surface area contributed by atoms with Crippen molar-refractivity contribution in [1.29, 1.82) is 0 Å². The van der Waals surface area contributed by atoms with Crippen molar-refractivity contribution in [2.45, 2.75) is 12.0 Å². The van der Waals surface area contributed by atoms with Crippen molar-refractivity contribution < 1.29 is 18.3 Å². The summed E-state index contributed by atoms with van der Waals surface area (Å²) >= 11 is 2.08. The van der Waals surface area contributed by atoms with E-state index in [0.717, 1.165) is 3.57 Å². The molecule has 0 aromatic heterocycles. The molecule has 1 fully saturated rings. The number of cyclic esters (lactones) is 1. The number of halogens is 3. The van der Waals surface area contributed by atoms with Crippen LogP contribution in [0, 0.1) is 3.57 Å². The first kappa shape index (κ1) is 11.6. The van der Waals surface area contributed by atoms with Crippen molar-refractivity contribution in [3.05, 3.63) is 33.4 Å². The van der Waals surface area contributed by atoms with Crippen LogP contribution in [0.5, 0.6) is 0 Å². The van der Waals surface area contributed by atoms with Gasteiger partial charge in [0.15, 0.2) is 6.61 Å². The summed E-state index contributed by atoms with van der Waals surface area (Å²) in [6.07, 6.45) is -0.811. The van der Waals surface area contributed by atoms with Gasteiger partial charge in [0.25, 0.3) is 0 Å². The Hall–Kier alpha value is -0.920. The number of nitrogens with one attached hydrogen (secondary N) is 1. The number of alkyl carbamates (subject to hydrolysis) is 1. The van der Waals surface area contributed by atoms with Crippen molar-refractivity contribution in [2.24, 2.45) is 0 Å². The number of benzene rings is 1. The number of rotatable bonds is 1. The molecule has 6 heteroatoms. The minimum atomic E-state index is -3.08. The van der Waals surface area contributed by atoms with Gasteiger partial charge in [-0.15, -0.1) is 0 Å². The molecule has 1 saturated heterocycles. The fourth-order valence-electron chi connectivity index (χ4n) is 1.49. The third kappa shape index (κ3) is 2.26. The summed E-state index contributed by atoms with van der Waals surface area (Å²) in [7, 11) is 0. The monoisotopic (exact) mass is 339 g/mol. The second-order valence-electron chi connectivity index (χ2n) is 3.47. The van der Waals surface area contributed by atoms with Crippen molar-refractivity contribution in [3.63, 3.8) is 0 Å². The number of carbonyl (C=O) groups excluding carboxylic acids is 1. The van der Waals surface area contributed by atoms with Gasteiger partial charge in [-0.2, -0.15) is 0 Å². The minimum Gasteiger partial charge on any atom is -0.443 e. The molecule has 1 aromatic carbocycles. The van der Waals surface area contributed by atoms with Gasteiger partial charge in [-0.3, -0.25) is 0 Å². The number of alkyl halides is 2. The predicted molar refractivity (Wildman–Crippen MR) is 61.3 cm³/mol. The van der Waals surface area contributed by atoms with E-state index in [2.05, 4.69) is 32.6 Å². The van der Waals surface area contributed by atoms with Gasteiger partial charge < -0.3 is 10.1 Å². The van der Waals surface area contributed by atoms with E-state index in [1.165, 1.54) is 0 Å². The van der Waals surface area contributed by atoms with Crippen LogP contribution in [-0.2, 0) is 4.74 Å². The van der Waals surface area contributed by atoms with Gasteiger partial charge >= 0.3 is 12.0 Å². The van der Waals surface area contributed by atoms with E-state index in [-0.39, 0.29) is 0 Å². The summed E-state index contributed by atoms with van der Waals surface area (Å²) < 4.78 is 32.2. The summed E-state index contributed by atoms with van der Waals surface area (Å²) in [6.45, 7) is -0.879. The molecule has 0 aliphatic carbocycles. The van der Waals surface area contributed by atoms with Crippen LogP contribution in [-0.4, -0.2) is 18.6 Å². The number of ether oxygens (including phenoxy) is 1. The molecule has 1 atom stereocenters. The Labute approximate surface area is 104 Å². The molecule has 0 spiro atoms. The molecule has 1 N–H and O–H groups in total. The number of carbonyl (C=O) groups is 1. The quantitative estimate of drug-likeness (QED) is 0.799. The van der Waals surface area contributed by atoms with Gasteiger partial charge in [-0.25, -0.2) is 13.6 Å². The van der Waals surface area contributed by atoms with Crippen molar-refractivity contribution >= 4 is 28.7 Å². The van der Waals surface area contributed by atoms with Gasteiger partial charge in [-0.1, -0.05) is 12.1 Å². The molecule has 1 heterocycles. The van der Waals surface area contributed by atoms with Crippen LogP contribution in [0.1, 0.15) is 11.6 Å². The van der Waals surface area contributed by atoms with Gasteiger partial charge in [0.2, 0.25) is 0 Å². The fourth-order valence-corrected chi connectivity index (χ4v) is 1.85. The van der Waals surface area contributed by atoms with Crippen LogP contribution < -0.4 is 5.32 Å². The smallest absolute Gasteiger partial charge is 0.408 e. The lowest BCUT2D eigenvalue weighted by atomic mass is 10.0. The molecule has 2 rings (SSSR count). The van der Waals surface area contributed by atoms with Crippen LogP contribution >= 0.6 is 22.6 Å². The summed E-state index contributed by atoms with van der Waals surface area (Å²) in [5.74, 6) is -3.08. The summed E-state index contributed by atoms with van der Waals surface area (Å²) in [4.78, 5) is 10.9. The zero-order valence-corrected chi connectivity index (χ0v) is 10.2. The van der Waals surface area contributed by atoms with Gasteiger partial charge in [-0.05, 0) is 40.3 Å². The lowest BCUT2D eigenvalue weighted by Crippen LogP contribution is -2.49. The molecular formula is C10H8F2INO2. The third-order valence-corrected chi connectivity index (χ3v) is 3.00. The molecule has 3 nitrogen and oxygen atoms in total. The van der Waals surface area contributed by atoms with E-state index in [9.17, 15) is 13.6 Å². The molecule has 1 aliphatic rings. The average Bonchev–Trinajstić information content (AvgIpc) is 2.23. The largest absolute Gasteiger partial charge is 0.443 e. The molecule has 1 aromatic rings. The summed E-state index contributed by atoms with van der Waals surface area (Å²) in [6, 6.07) is 5.27. The number of hydrogen-bond acceptors (Lipinski definition) is 2. The molecule has 0 unspecified atom stereocenters. The number of hydrogen-bond donors (Lipinski definition) is 1. The zero-order chi connectivity index (χ0) is 11.8. The highest BCUT2D eigenvalue weighted by molar-refractivity contribution is 14.1. The Bertz CT molecular complexity index is 408. The first-order valence-corrected chi connectivity index (χ1v) is 5.63. The maximum Gasteiger partial charge on any atom is 0.408 e. The SMILES string of the molecule is O=C1N[C@H](c2ccc(I)cc2)C(F)(F)CO1. The second-order valence-corrected chi connectivity index (χ2v) is 4.71. The van der Waals surface area contributed by atoms with Crippen LogP contribution in [0.2, 0.25) is 0 Å². The van der Waals surface area contributed by atoms with E-state index in [0.29, 0.717) is 5.56 Å². The normalized spacial score (nSPS) is 23.4. The van der Waals surface area contributed by atoms with Gasteiger partial charge in [0.1, 0.15) is 6.04 Å². The first-order chi connectivity index (χ1) is 7.49. The molecule has 1 amide bonds. The first-order valence-electron chi connectivity index (χ1n) is 4.55. The minimum absolute atomic E-state index is 0.377. The molecular weight excluding hydrogens is 331 g/mol. The molecule has 0 bridgehead atoms. The van der Waals surface area contributed by atoms with E-state index in [4.69, 9.17) is 0 Å². The lowest BCUT2D eigenvalue weighted by Gasteiger charge is -2.31. The predicted octanol–water partition coefficient (Wildman–Crippen LogP) is 2.71. The van der Waals surface area contributed by atoms with Gasteiger partial charge in [0.05, 0.1) is 0 Å². The van der Waals surface area contributed by atoms with E-state index in [1.54, 1.807) is 24.3 Å². The van der Waals surface area contributed by atoms with Gasteiger partial charge in [0, 0.05) is 3.57 Å². The van der Waals surface area contributed by atoms with Crippen LogP contribution in [0.15, 0.2) is 24.3 Å². The summed E-state index contributed by atoms with van der Waals surface area (Å²) in [5, 5.41) is 2.13. The Morgan fingerprint density at radius 1 is 1.38 bits per heavy atom. The topological polar surface area (TPSA) is 38.3 Å². The summed E-state index contributed by atoms with van der Waals surface area (Å²) in [5.41, 5.74) is 0.377. The van der Waals surface area contributed by atoms with E-state index >= 15 is 0 Å². The lowest BCUT2D eigenvalue weighted by molar-refractivity contribution is -0.104. The van der Waals surface area contributed by atoms with Crippen molar-refractivity contribution in [2.75, 3.05) is 6.61 Å². The highest BCUT2D eigenvalue weighted by Gasteiger charge is 2.46. The Morgan fingerprint density at radius 2 is 2.00 bits per heavy atom. The maximum absolute atomic E-state index is 13.5. The highest BCUT2D eigenvalue weighted by Crippen LogP contribution is 2.34. The molecule has 86 valence electrons. The number of amides is 1. The fraction of sp³-hybridized carbons (Fsp3) is 0.300. The Morgan fingerprint density at radius 3 is 2.62 bits per heavy atom. The highest BCUT2D eigenvalue weighted by atomic mass is 127. The Kier molecular flexibility index (Phi) is 3.00. The van der Waals surface area contributed by atoms with Crippen LogP contribution in [0.25, 0.3) is 0 Å².